The Kier molecular flexibility index (Phi) is 3.04. The van der Waals surface area contributed by atoms with Crippen LogP contribution in [-0.2, 0) is 0 Å². The number of rotatable bonds is 2. The van der Waals surface area contributed by atoms with Gasteiger partial charge in [-0.15, -0.1) is 0 Å². The van der Waals surface area contributed by atoms with Gasteiger partial charge in [-0.2, -0.15) is 0 Å². The smallest absolute Gasteiger partial charge is 0.324 e. The van der Waals surface area contributed by atoms with E-state index in [1.165, 1.54) is 18.2 Å². The molecule has 17 heavy (non-hydrogen) atoms. The number of amides is 2. The number of hydrogen-bond acceptors (Lipinski definition) is 3. The number of carbonyl (C=O) groups excluding carboxylic acids is 1. The molecule has 0 bridgehead atoms. The Labute approximate surface area is 96.6 Å². The van der Waals surface area contributed by atoms with Gasteiger partial charge >= 0.3 is 6.03 Å². The molecule has 0 fully saturated rings. The van der Waals surface area contributed by atoms with Gasteiger partial charge in [0.2, 0.25) is 0 Å². The van der Waals surface area contributed by atoms with Crippen LogP contribution in [0.2, 0.25) is 0 Å². The van der Waals surface area contributed by atoms with Crippen LogP contribution in [-0.4, -0.2) is 11.2 Å². The molecule has 0 spiro atoms. The third-order valence-corrected chi connectivity index (χ3v) is 1.95. The number of aryl methyl sites for hydroxylation is 1. The Hall–Kier alpha value is -2.37. The molecule has 1 aromatic heterocycles. The van der Waals surface area contributed by atoms with Gasteiger partial charge in [-0.05, 0) is 25.1 Å². The highest BCUT2D eigenvalue weighted by atomic mass is 19.1. The number of carbonyl (C=O) groups is 1. The van der Waals surface area contributed by atoms with Gasteiger partial charge < -0.3 is 9.84 Å². The van der Waals surface area contributed by atoms with Crippen LogP contribution in [0.1, 0.15) is 5.76 Å². The van der Waals surface area contributed by atoms with Crippen molar-refractivity contribution in [1.82, 2.24) is 5.16 Å². The van der Waals surface area contributed by atoms with E-state index in [-0.39, 0.29) is 0 Å². The molecule has 0 unspecified atom stereocenters. The Morgan fingerprint density at radius 1 is 1.35 bits per heavy atom. The van der Waals surface area contributed by atoms with Gasteiger partial charge in [0.05, 0.1) is 0 Å². The molecule has 0 saturated heterocycles. The molecule has 0 aliphatic carbocycles. The number of hydrogen-bond donors (Lipinski definition) is 2. The number of nitrogens with one attached hydrogen (secondary N) is 2. The molecule has 0 aliphatic heterocycles. The first-order valence-corrected chi connectivity index (χ1v) is 4.90. The molecule has 5 nitrogen and oxygen atoms in total. The lowest BCUT2D eigenvalue weighted by Crippen LogP contribution is -2.19. The quantitative estimate of drug-likeness (QED) is 0.841. The van der Waals surface area contributed by atoms with Crippen molar-refractivity contribution in [2.45, 2.75) is 6.92 Å². The fourth-order valence-electron chi connectivity index (χ4n) is 1.27. The molecule has 2 rings (SSSR count). The third kappa shape index (κ3) is 3.04. The summed E-state index contributed by atoms with van der Waals surface area (Å²) in [4.78, 5) is 11.5. The molecule has 0 saturated carbocycles. The summed E-state index contributed by atoms with van der Waals surface area (Å²) in [6.45, 7) is 1.71. The van der Waals surface area contributed by atoms with E-state index in [0.29, 0.717) is 17.3 Å². The Bertz CT molecular complexity index is 539. The summed E-state index contributed by atoms with van der Waals surface area (Å²) in [6.07, 6.45) is 0. The summed E-state index contributed by atoms with van der Waals surface area (Å²) >= 11 is 0. The van der Waals surface area contributed by atoms with E-state index in [1.54, 1.807) is 19.1 Å². The van der Waals surface area contributed by atoms with Crippen molar-refractivity contribution in [3.8, 4) is 0 Å². The van der Waals surface area contributed by atoms with Crippen molar-refractivity contribution in [1.29, 1.82) is 0 Å². The highest BCUT2D eigenvalue weighted by Crippen LogP contribution is 2.11. The average molecular weight is 235 g/mol. The minimum absolute atomic E-state index is 0.302. The van der Waals surface area contributed by atoms with Gasteiger partial charge in [0.25, 0.3) is 0 Å². The van der Waals surface area contributed by atoms with E-state index in [2.05, 4.69) is 15.8 Å². The van der Waals surface area contributed by atoms with Crippen LogP contribution >= 0.6 is 0 Å². The highest BCUT2D eigenvalue weighted by molar-refractivity contribution is 5.99. The van der Waals surface area contributed by atoms with E-state index in [0.717, 1.165) is 0 Å². The maximum atomic E-state index is 12.8. The summed E-state index contributed by atoms with van der Waals surface area (Å²) < 4.78 is 17.6. The zero-order chi connectivity index (χ0) is 12.3. The summed E-state index contributed by atoms with van der Waals surface area (Å²) in [5.74, 6) is 0.475. The second-order valence-electron chi connectivity index (χ2n) is 3.41. The van der Waals surface area contributed by atoms with Gasteiger partial charge in [-0.25, -0.2) is 9.18 Å². The lowest BCUT2D eigenvalue weighted by molar-refractivity contribution is 0.262. The highest BCUT2D eigenvalue weighted by Gasteiger charge is 2.06. The monoisotopic (exact) mass is 235 g/mol. The van der Waals surface area contributed by atoms with Crippen LogP contribution in [0.4, 0.5) is 20.7 Å². The standard InChI is InChI=1S/C11H10FN3O2/c1-7-5-10(15-17-7)14-11(16)13-9-4-2-3-8(12)6-9/h2-6H,1H3,(H2,13,14,15,16). The molecule has 2 aromatic rings. The van der Waals surface area contributed by atoms with Gasteiger partial charge in [-0.3, -0.25) is 5.32 Å². The Morgan fingerprint density at radius 3 is 2.82 bits per heavy atom. The van der Waals surface area contributed by atoms with E-state index in [9.17, 15) is 9.18 Å². The van der Waals surface area contributed by atoms with Gasteiger partial charge in [0, 0.05) is 11.8 Å². The first kappa shape index (κ1) is 11.1. The third-order valence-electron chi connectivity index (χ3n) is 1.95. The maximum absolute atomic E-state index is 12.8. The van der Waals surface area contributed by atoms with Crippen LogP contribution in [0.25, 0.3) is 0 Å². The molecule has 2 N–H and O–H groups in total. The van der Waals surface area contributed by atoms with Crippen LogP contribution in [0, 0.1) is 12.7 Å². The SMILES string of the molecule is Cc1cc(NC(=O)Nc2cccc(F)c2)no1. The van der Waals surface area contributed by atoms with Crippen molar-refractivity contribution in [2.24, 2.45) is 0 Å². The normalized spacial score (nSPS) is 10.0. The zero-order valence-electron chi connectivity index (χ0n) is 9.03. The van der Waals surface area contributed by atoms with Gasteiger partial charge in [0.15, 0.2) is 5.82 Å². The zero-order valence-corrected chi connectivity index (χ0v) is 9.03. The van der Waals surface area contributed by atoms with Crippen molar-refractivity contribution in [2.75, 3.05) is 10.6 Å². The maximum Gasteiger partial charge on any atom is 0.324 e. The average Bonchev–Trinajstić information content (AvgIpc) is 2.63. The molecule has 0 radical (unpaired) electrons. The number of aromatic nitrogens is 1. The molecule has 0 aliphatic rings. The molecule has 2 amide bonds. The van der Waals surface area contributed by atoms with Crippen molar-refractivity contribution in [3.05, 3.63) is 41.9 Å². The van der Waals surface area contributed by atoms with Crippen LogP contribution in [0.3, 0.4) is 0 Å². The summed E-state index contributed by atoms with van der Waals surface area (Å²) in [7, 11) is 0. The molecule has 1 heterocycles. The topological polar surface area (TPSA) is 67.2 Å². The lowest BCUT2D eigenvalue weighted by atomic mass is 10.3. The van der Waals surface area contributed by atoms with E-state index in [4.69, 9.17) is 4.52 Å². The summed E-state index contributed by atoms with van der Waals surface area (Å²) in [5, 5.41) is 8.52. The number of urea groups is 1. The largest absolute Gasteiger partial charge is 0.360 e. The molecular weight excluding hydrogens is 225 g/mol. The number of nitrogens with zero attached hydrogens (tertiary/aromatic N) is 1. The Balaban J connectivity index is 1.98. The van der Waals surface area contributed by atoms with Crippen LogP contribution in [0.5, 0.6) is 0 Å². The number of anilines is 2. The van der Waals surface area contributed by atoms with Crippen LogP contribution in [0.15, 0.2) is 34.9 Å². The minimum Gasteiger partial charge on any atom is -0.360 e. The summed E-state index contributed by atoms with van der Waals surface area (Å²) in [5.41, 5.74) is 0.364. The lowest BCUT2D eigenvalue weighted by Gasteiger charge is -2.04. The van der Waals surface area contributed by atoms with Gasteiger partial charge in [-0.1, -0.05) is 11.2 Å². The van der Waals surface area contributed by atoms with Crippen LogP contribution < -0.4 is 10.6 Å². The molecule has 0 atom stereocenters. The second kappa shape index (κ2) is 4.65. The predicted octanol–water partition coefficient (Wildman–Crippen LogP) is 2.77. The fourth-order valence-corrected chi connectivity index (χ4v) is 1.27. The minimum atomic E-state index is -0.510. The Morgan fingerprint density at radius 2 is 2.18 bits per heavy atom. The van der Waals surface area contributed by atoms with E-state index < -0.39 is 11.8 Å². The molecular formula is C11H10FN3O2. The van der Waals surface area contributed by atoms with Crippen molar-refractivity contribution >= 4 is 17.5 Å². The second-order valence-corrected chi connectivity index (χ2v) is 3.41. The fraction of sp³-hybridized carbons (Fsp3) is 0.0909. The number of halogens is 1. The van der Waals surface area contributed by atoms with Gasteiger partial charge in [0.1, 0.15) is 11.6 Å². The first-order chi connectivity index (χ1) is 8.13. The molecule has 88 valence electrons. The number of benzene rings is 1. The van der Waals surface area contributed by atoms with Crippen molar-refractivity contribution in [3.63, 3.8) is 0 Å². The first-order valence-electron chi connectivity index (χ1n) is 4.90. The molecule has 1 aromatic carbocycles. The van der Waals surface area contributed by atoms with E-state index >= 15 is 0 Å². The van der Waals surface area contributed by atoms with Crippen molar-refractivity contribution < 1.29 is 13.7 Å². The predicted molar refractivity (Wildman–Crippen MR) is 60.3 cm³/mol. The molecule has 6 heteroatoms. The van der Waals surface area contributed by atoms with E-state index in [1.807, 2.05) is 0 Å². The summed E-state index contributed by atoms with van der Waals surface area (Å²) in [6, 6.07) is 6.66.